The Morgan fingerprint density at radius 3 is 2.32 bits per heavy atom. The van der Waals surface area contributed by atoms with Gasteiger partial charge < -0.3 is 14.6 Å². The molecule has 2 aromatic rings. The van der Waals surface area contributed by atoms with Crippen LogP contribution in [-0.2, 0) is 11.2 Å². The fraction of sp³-hybridized carbons (Fsp3) is 0.519. The zero-order chi connectivity index (χ0) is 23.2. The van der Waals surface area contributed by atoms with Gasteiger partial charge in [-0.25, -0.2) is 4.79 Å². The number of hydrogen-bond acceptors (Lipinski definition) is 4. The van der Waals surface area contributed by atoms with Crippen molar-refractivity contribution in [1.82, 2.24) is 0 Å². The molecule has 31 heavy (non-hydrogen) atoms. The van der Waals surface area contributed by atoms with Crippen molar-refractivity contribution in [2.75, 3.05) is 13.7 Å². The van der Waals surface area contributed by atoms with Crippen molar-refractivity contribution in [2.45, 2.75) is 72.8 Å². The molecule has 0 aromatic heterocycles. The van der Waals surface area contributed by atoms with Gasteiger partial charge in [-0.15, -0.1) is 0 Å². The van der Waals surface area contributed by atoms with Gasteiger partial charge in [0.25, 0.3) is 0 Å². The Morgan fingerprint density at radius 1 is 1.06 bits per heavy atom. The molecule has 0 saturated carbocycles. The molecule has 0 fully saturated rings. The lowest BCUT2D eigenvalue weighted by atomic mass is 9.88. The number of esters is 1. The number of aliphatic hydroxyl groups is 1. The molecule has 2 unspecified atom stereocenters. The van der Waals surface area contributed by atoms with E-state index in [-0.39, 0.29) is 11.4 Å². The molecule has 170 valence electrons. The molecule has 2 atom stereocenters. The number of rotatable bonds is 9. The Hall–Kier alpha value is -2.33. The van der Waals surface area contributed by atoms with Crippen LogP contribution in [0.25, 0.3) is 0 Å². The van der Waals surface area contributed by atoms with Crippen LogP contribution in [0.4, 0.5) is 0 Å². The summed E-state index contributed by atoms with van der Waals surface area (Å²) in [5.41, 5.74) is 5.01. The predicted molar refractivity (Wildman–Crippen MR) is 126 cm³/mol. The van der Waals surface area contributed by atoms with Crippen molar-refractivity contribution in [3.8, 4) is 5.75 Å². The van der Waals surface area contributed by atoms with Crippen molar-refractivity contribution < 1.29 is 19.4 Å². The van der Waals surface area contributed by atoms with Gasteiger partial charge in [0.05, 0.1) is 18.8 Å². The number of hydrogen-bond donors (Lipinski definition) is 1. The zero-order valence-corrected chi connectivity index (χ0v) is 20.1. The van der Waals surface area contributed by atoms with Gasteiger partial charge in [0.2, 0.25) is 0 Å². The van der Waals surface area contributed by atoms with E-state index in [1.165, 1.54) is 18.2 Å². The van der Waals surface area contributed by atoms with Crippen molar-refractivity contribution in [2.24, 2.45) is 5.41 Å². The fourth-order valence-electron chi connectivity index (χ4n) is 3.67. The lowest BCUT2D eigenvalue weighted by molar-refractivity contribution is 0.0216. The highest BCUT2D eigenvalue weighted by Gasteiger charge is 2.23. The normalized spacial score (nSPS) is 13.5. The van der Waals surface area contributed by atoms with E-state index >= 15 is 0 Å². The Morgan fingerprint density at radius 2 is 1.77 bits per heavy atom. The van der Waals surface area contributed by atoms with Crippen LogP contribution in [0.3, 0.4) is 0 Å². The molecule has 2 aromatic carbocycles. The highest BCUT2D eigenvalue weighted by atomic mass is 16.5. The van der Waals surface area contributed by atoms with Gasteiger partial charge in [0, 0.05) is 0 Å². The third kappa shape index (κ3) is 6.83. The molecule has 0 amide bonds. The van der Waals surface area contributed by atoms with Crippen LogP contribution >= 0.6 is 0 Å². The maximum atomic E-state index is 11.8. The minimum atomic E-state index is -0.510. The Kier molecular flexibility index (Phi) is 8.69. The zero-order valence-electron chi connectivity index (χ0n) is 20.1. The maximum absolute atomic E-state index is 11.8. The minimum Gasteiger partial charge on any atom is -0.491 e. The van der Waals surface area contributed by atoms with E-state index in [0.717, 1.165) is 36.1 Å². The van der Waals surface area contributed by atoms with Crippen molar-refractivity contribution in [3.63, 3.8) is 0 Å². The highest BCUT2D eigenvalue weighted by molar-refractivity contribution is 5.90. The molecule has 0 aliphatic carbocycles. The molecule has 0 aliphatic heterocycles. The molecule has 1 N–H and O–H groups in total. The highest BCUT2D eigenvalue weighted by Crippen LogP contribution is 2.30. The van der Waals surface area contributed by atoms with E-state index in [4.69, 9.17) is 9.47 Å². The molecule has 0 spiro atoms. The van der Waals surface area contributed by atoms with Crippen molar-refractivity contribution >= 4 is 5.97 Å². The van der Waals surface area contributed by atoms with Gasteiger partial charge in [0.15, 0.2) is 0 Å². The average molecular weight is 427 g/mol. The van der Waals surface area contributed by atoms with Gasteiger partial charge >= 0.3 is 5.97 Å². The summed E-state index contributed by atoms with van der Waals surface area (Å²) in [4.78, 5) is 11.8. The van der Waals surface area contributed by atoms with Gasteiger partial charge in [-0.1, -0.05) is 52.0 Å². The summed E-state index contributed by atoms with van der Waals surface area (Å²) in [7, 11) is 1.41. The molecule has 0 heterocycles. The van der Waals surface area contributed by atoms with Crippen LogP contribution in [0.5, 0.6) is 5.75 Å². The summed E-state index contributed by atoms with van der Waals surface area (Å²) in [5.74, 6) is 0.993. The molecular weight excluding hydrogens is 388 g/mol. The maximum Gasteiger partial charge on any atom is 0.338 e. The van der Waals surface area contributed by atoms with E-state index in [2.05, 4.69) is 32.0 Å². The molecule has 2 rings (SSSR count). The monoisotopic (exact) mass is 426 g/mol. The SMILES string of the molecule is CCC(CCc1ccc(C(=O)OC)c(C)c1)c1ccc(OCC(O)C(C)(C)C)c(C)c1. The predicted octanol–water partition coefficient (Wildman–Crippen LogP) is 6.00. The molecule has 4 nitrogen and oxygen atoms in total. The first-order valence-electron chi connectivity index (χ1n) is 11.2. The topological polar surface area (TPSA) is 55.8 Å². The second-order valence-electron chi connectivity index (χ2n) is 9.50. The van der Waals surface area contributed by atoms with Crippen LogP contribution in [0, 0.1) is 19.3 Å². The van der Waals surface area contributed by atoms with E-state index in [1.54, 1.807) is 0 Å². The largest absolute Gasteiger partial charge is 0.491 e. The Bertz CT molecular complexity index is 879. The summed E-state index contributed by atoms with van der Waals surface area (Å²) >= 11 is 0. The van der Waals surface area contributed by atoms with E-state index in [0.29, 0.717) is 18.1 Å². The number of aryl methyl sites for hydroxylation is 3. The minimum absolute atomic E-state index is 0.200. The average Bonchev–Trinajstić information content (AvgIpc) is 2.72. The first-order valence-corrected chi connectivity index (χ1v) is 11.2. The van der Waals surface area contributed by atoms with Crippen LogP contribution in [0.1, 0.15) is 79.1 Å². The summed E-state index contributed by atoms with van der Waals surface area (Å²) in [5, 5.41) is 10.2. The molecule has 0 aliphatic rings. The lowest BCUT2D eigenvalue weighted by Gasteiger charge is -2.26. The number of carbonyl (C=O) groups excluding carboxylic acids is 1. The number of ether oxygens (including phenoxy) is 2. The van der Waals surface area contributed by atoms with Crippen molar-refractivity contribution in [1.29, 1.82) is 0 Å². The van der Waals surface area contributed by atoms with Crippen LogP contribution in [0.2, 0.25) is 0 Å². The molecule has 0 saturated heterocycles. The fourth-order valence-corrected chi connectivity index (χ4v) is 3.67. The third-order valence-electron chi connectivity index (χ3n) is 6.04. The second-order valence-corrected chi connectivity index (χ2v) is 9.50. The molecule has 0 bridgehead atoms. The van der Waals surface area contributed by atoms with Crippen molar-refractivity contribution in [3.05, 3.63) is 64.2 Å². The van der Waals surface area contributed by atoms with Gasteiger partial charge in [-0.05, 0) is 78.8 Å². The smallest absolute Gasteiger partial charge is 0.338 e. The number of carbonyl (C=O) groups is 1. The number of benzene rings is 2. The standard InChI is InChI=1S/C27H38O4/c1-8-21(11-9-20-10-13-23(18(2)15-20)26(29)30-7)22-12-14-24(19(3)16-22)31-17-25(28)27(4,5)6/h10,12-16,21,25,28H,8-9,11,17H2,1-7H3. The van der Waals surface area contributed by atoms with Crippen LogP contribution in [-0.4, -0.2) is 30.9 Å². The molecule has 4 heteroatoms. The summed E-state index contributed by atoms with van der Waals surface area (Å²) in [6, 6.07) is 12.3. The van der Waals surface area contributed by atoms with Gasteiger partial charge in [-0.2, -0.15) is 0 Å². The summed E-state index contributed by atoms with van der Waals surface area (Å²) < 4.78 is 10.7. The first kappa shape index (κ1) is 24.9. The number of methoxy groups -OCH3 is 1. The van der Waals surface area contributed by atoms with Gasteiger partial charge in [0.1, 0.15) is 12.4 Å². The summed E-state index contributed by atoms with van der Waals surface area (Å²) in [6.07, 6.45) is 2.54. The van der Waals surface area contributed by atoms with Crippen LogP contribution in [0.15, 0.2) is 36.4 Å². The van der Waals surface area contributed by atoms with Gasteiger partial charge in [-0.3, -0.25) is 0 Å². The lowest BCUT2D eigenvalue weighted by Crippen LogP contribution is -2.32. The van der Waals surface area contributed by atoms with E-state index < -0.39 is 6.10 Å². The Balaban J connectivity index is 2.03. The quantitative estimate of drug-likeness (QED) is 0.500. The molecular formula is C27H38O4. The van der Waals surface area contributed by atoms with Crippen LogP contribution < -0.4 is 4.74 Å². The Labute approximate surface area is 187 Å². The third-order valence-corrected chi connectivity index (χ3v) is 6.04. The van der Waals surface area contributed by atoms with E-state index in [1.807, 2.05) is 45.9 Å². The first-order chi connectivity index (χ1) is 14.6. The van der Waals surface area contributed by atoms with E-state index in [9.17, 15) is 9.90 Å². The molecule has 0 radical (unpaired) electrons. The number of aliphatic hydroxyl groups excluding tert-OH is 1. The summed E-state index contributed by atoms with van der Waals surface area (Å²) in [6.45, 7) is 12.5. The second kappa shape index (κ2) is 10.8.